The average molecular weight is 305 g/mol. The van der Waals surface area contributed by atoms with Crippen LogP contribution in [-0.2, 0) is 6.54 Å². The molecule has 0 N–H and O–H groups in total. The second-order valence-corrected chi connectivity index (χ2v) is 6.74. The first-order valence-corrected chi connectivity index (χ1v) is 8.43. The Morgan fingerprint density at radius 1 is 1.24 bits per heavy atom. The van der Waals surface area contributed by atoms with E-state index in [1.807, 2.05) is 30.0 Å². The van der Waals surface area contributed by atoms with Gasteiger partial charge in [0.2, 0.25) is 0 Å². The van der Waals surface area contributed by atoms with Crippen molar-refractivity contribution in [1.82, 2.24) is 14.2 Å². The predicted octanol–water partition coefficient (Wildman–Crippen LogP) is 3.07. The Hall–Kier alpha value is -1.23. The monoisotopic (exact) mass is 305 g/mol. The van der Waals surface area contributed by atoms with E-state index in [2.05, 4.69) is 17.7 Å². The van der Waals surface area contributed by atoms with Gasteiger partial charge in [-0.25, -0.2) is 4.52 Å². The lowest BCUT2D eigenvalue weighted by Crippen LogP contribution is -2.34. The van der Waals surface area contributed by atoms with Crippen molar-refractivity contribution >= 4 is 18.1 Å². The molecule has 114 valence electrons. The molecule has 2 aromatic rings. The highest BCUT2D eigenvalue weighted by Gasteiger charge is 2.30. The number of aromatic nitrogens is 3. The summed E-state index contributed by atoms with van der Waals surface area (Å²) in [5.41, 5.74) is 1.77. The predicted molar refractivity (Wildman–Crippen MR) is 88.2 cm³/mol. The highest BCUT2D eigenvalue weighted by atomic mass is 32.1. The maximum Gasteiger partial charge on any atom is 0.276 e. The van der Waals surface area contributed by atoms with Crippen LogP contribution in [0.1, 0.15) is 44.2 Å². The third kappa shape index (κ3) is 2.89. The number of nitrogens with zero attached hydrogens (tertiary/aromatic N) is 3. The molecule has 1 saturated carbocycles. The van der Waals surface area contributed by atoms with Gasteiger partial charge in [0.1, 0.15) is 5.52 Å². The molecule has 1 fully saturated rings. The molecule has 4 nitrogen and oxygen atoms in total. The van der Waals surface area contributed by atoms with E-state index in [0.717, 1.165) is 18.0 Å². The molecule has 0 aliphatic heterocycles. The first-order valence-electron chi connectivity index (χ1n) is 7.80. The van der Waals surface area contributed by atoms with E-state index in [9.17, 15) is 4.79 Å². The quantitative estimate of drug-likeness (QED) is 0.699. The number of rotatable bonds is 3. The molecule has 0 aromatic carbocycles. The van der Waals surface area contributed by atoms with Crippen LogP contribution in [0.4, 0.5) is 0 Å². The van der Waals surface area contributed by atoms with Crippen molar-refractivity contribution in [2.24, 2.45) is 5.41 Å². The molecule has 3 rings (SSSR count). The molecule has 0 amide bonds. The van der Waals surface area contributed by atoms with Crippen LogP contribution in [0.15, 0.2) is 23.3 Å². The topological polar surface area (TPSA) is 39.3 Å². The number of hydrogen-bond acceptors (Lipinski definition) is 3. The minimum absolute atomic E-state index is 0.0588. The van der Waals surface area contributed by atoms with Gasteiger partial charge in [-0.1, -0.05) is 25.7 Å². The zero-order chi connectivity index (χ0) is 14.9. The van der Waals surface area contributed by atoms with E-state index < -0.39 is 0 Å². The van der Waals surface area contributed by atoms with Crippen LogP contribution >= 0.6 is 12.6 Å². The molecule has 0 spiro atoms. The van der Waals surface area contributed by atoms with E-state index in [4.69, 9.17) is 0 Å². The van der Waals surface area contributed by atoms with Crippen molar-refractivity contribution in [3.05, 3.63) is 34.5 Å². The lowest BCUT2D eigenvalue weighted by atomic mass is 9.82. The maximum absolute atomic E-state index is 12.6. The highest BCUT2D eigenvalue weighted by Crippen LogP contribution is 2.37. The average Bonchev–Trinajstić information content (AvgIpc) is 2.71. The number of aryl methyl sites for hydroxylation is 1. The van der Waals surface area contributed by atoms with E-state index in [0.29, 0.717) is 5.52 Å². The molecule has 5 heteroatoms. The van der Waals surface area contributed by atoms with Crippen LogP contribution in [0.3, 0.4) is 0 Å². The van der Waals surface area contributed by atoms with Crippen molar-refractivity contribution in [2.75, 3.05) is 5.75 Å². The summed E-state index contributed by atoms with van der Waals surface area (Å²) in [5.74, 6) is 0.850. The Morgan fingerprint density at radius 3 is 2.62 bits per heavy atom. The summed E-state index contributed by atoms with van der Waals surface area (Å²) in [6, 6.07) is 1.86. The summed E-state index contributed by atoms with van der Waals surface area (Å²) in [7, 11) is 0. The number of hydrogen-bond donors (Lipinski definition) is 1. The lowest BCUT2D eigenvalue weighted by molar-refractivity contribution is 0.238. The molecule has 2 aromatic heterocycles. The second-order valence-electron chi connectivity index (χ2n) is 6.42. The van der Waals surface area contributed by atoms with Crippen molar-refractivity contribution in [1.29, 1.82) is 0 Å². The largest absolute Gasteiger partial charge is 0.312 e. The van der Waals surface area contributed by atoms with Gasteiger partial charge in [-0.05, 0) is 37.0 Å². The van der Waals surface area contributed by atoms with Crippen molar-refractivity contribution in [3.63, 3.8) is 0 Å². The SMILES string of the molecule is Cc1cc2c(=O)n(CC3(CS)CCCCCC3)ccn2n1. The Morgan fingerprint density at radius 2 is 1.95 bits per heavy atom. The molecule has 0 radical (unpaired) electrons. The molecule has 1 aliphatic rings. The van der Waals surface area contributed by atoms with Crippen LogP contribution in [-0.4, -0.2) is 19.9 Å². The van der Waals surface area contributed by atoms with Gasteiger partial charge in [-0.2, -0.15) is 17.7 Å². The van der Waals surface area contributed by atoms with Gasteiger partial charge < -0.3 is 4.57 Å². The summed E-state index contributed by atoms with van der Waals surface area (Å²) in [6.07, 6.45) is 11.2. The molecular formula is C16H23N3OS. The van der Waals surface area contributed by atoms with Gasteiger partial charge in [0.05, 0.1) is 5.69 Å². The fraction of sp³-hybridized carbons (Fsp3) is 0.625. The van der Waals surface area contributed by atoms with Crippen molar-refractivity contribution < 1.29 is 0 Å². The number of thiol groups is 1. The van der Waals surface area contributed by atoms with E-state index in [1.165, 1.54) is 38.5 Å². The summed E-state index contributed by atoms with van der Waals surface area (Å²) in [4.78, 5) is 12.6. The first-order chi connectivity index (χ1) is 10.1. The second kappa shape index (κ2) is 5.87. The molecule has 0 saturated heterocycles. The summed E-state index contributed by atoms with van der Waals surface area (Å²) < 4.78 is 3.53. The van der Waals surface area contributed by atoms with Gasteiger partial charge in [-0.15, -0.1) is 0 Å². The zero-order valence-corrected chi connectivity index (χ0v) is 13.5. The molecule has 1 aliphatic carbocycles. The third-order valence-corrected chi connectivity index (χ3v) is 5.40. The van der Waals surface area contributed by atoms with Crippen molar-refractivity contribution in [2.45, 2.75) is 52.0 Å². The first kappa shape index (κ1) is 14.7. The summed E-state index contributed by atoms with van der Waals surface area (Å²) in [5, 5.41) is 4.30. The Bertz CT molecular complexity index is 680. The minimum atomic E-state index is 0.0588. The summed E-state index contributed by atoms with van der Waals surface area (Å²) in [6.45, 7) is 2.69. The standard InChI is InChI=1S/C16H23N3OS/c1-13-10-14-15(20)18(8-9-19(14)17-13)11-16(12-21)6-4-2-3-5-7-16/h8-10,21H,2-7,11-12H2,1H3. The smallest absolute Gasteiger partial charge is 0.276 e. The van der Waals surface area contributed by atoms with Crippen LogP contribution in [0.5, 0.6) is 0 Å². The molecule has 21 heavy (non-hydrogen) atoms. The van der Waals surface area contributed by atoms with Gasteiger partial charge in [-0.3, -0.25) is 4.79 Å². The van der Waals surface area contributed by atoms with Gasteiger partial charge >= 0.3 is 0 Å². The van der Waals surface area contributed by atoms with Gasteiger partial charge in [0.15, 0.2) is 0 Å². The minimum Gasteiger partial charge on any atom is -0.312 e. The molecule has 0 unspecified atom stereocenters. The van der Waals surface area contributed by atoms with Gasteiger partial charge in [0, 0.05) is 18.9 Å². The zero-order valence-electron chi connectivity index (χ0n) is 12.6. The van der Waals surface area contributed by atoms with E-state index in [1.54, 1.807) is 4.52 Å². The van der Waals surface area contributed by atoms with E-state index in [-0.39, 0.29) is 11.0 Å². The fourth-order valence-electron chi connectivity index (χ4n) is 3.48. The molecule has 0 bridgehead atoms. The van der Waals surface area contributed by atoms with E-state index >= 15 is 0 Å². The lowest BCUT2D eigenvalue weighted by Gasteiger charge is -2.31. The molecule has 2 heterocycles. The van der Waals surface area contributed by atoms with Crippen molar-refractivity contribution in [3.8, 4) is 0 Å². The molecular weight excluding hydrogens is 282 g/mol. The normalized spacial score (nSPS) is 18.8. The Kier molecular flexibility index (Phi) is 4.11. The number of fused-ring (bicyclic) bond motifs is 1. The third-order valence-electron chi connectivity index (χ3n) is 4.73. The highest BCUT2D eigenvalue weighted by molar-refractivity contribution is 7.80. The Labute approximate surface area is 130 Å². The van der Waals surface area contributed by atoms with Crippen LogP contribution in [0, 0.1) is 12.3 Å². The van der Waals surface area contributed by atoms with Gasteiger partial charge in [0.25, 0.3) is 5.56 Å². The fourth-order valence-corrected chi connectivity index (χ4v) is 3.90. The van der Waals surface area contributed by atoms with Crippen LogP contribution < -0.4 is 5.56 Å². The maximum atomic E-state index is 12.6. The van der Waals surface area contributed by atoms with Crippen LogP contribution in [0.25, 0.3) is 5.52 Å². The Balaban J connectivity index is 1.96. The summed E-state index contributed by atoms with van der Waals surface area (Å²) >= 11 is 4.61. The van der Waals surface area contributed by atoms with Crippen LogP contribution in [0.2, 0.25) is 0 Å². The molecule has 0 atom stereocenters.